The Kier molecular flexibility index (Phi) is 6.77. The highest BCUT2D eigenvalue weighted by molar-refractivity contribution is 6.32. The summed E-state index contributed by atoms with van der Waals surface area (Å²) in [6.45, 7) is 2.58. The lowest BCUT2D eigenvalue weighted by Crippen LogP contribution is -2.33. The van der Waals surface area contributed by atoms with Crippen LogP contribution in [0.3, 0.4) is 0 Å². The van der Waals surface area contributed by atoms with Gasteiger partial charge in [-0.3, -0.25) is 4.79 Å². The lowest BCUT2D eigenvalue weighted by Gasteiger charge is -2.16. The molecule has 0 unspecified atom stereocenters. The van der Waals surface area contributed by atoms with Crippen LogP contribution in [-0.4, -0.2) is 38.7 Å². The molecule has 0 spiro atoms. The second kappa shape index (κ2) is 9.47. The van der Waals surface area contributed by atoms with E-state index >= 15 is 0 Å². The summed E-state index contributed by atoms with van der Waals surface area (Å²) >= 11 is 6.20. The molecule has 6 nitrogen and oxygen atoms in total. The number of esters is 1. The zero-order valence-corrected chi connectivity index (χ0v) is 17.1. The van der Waals surface area contributed by atoms with Gasteiger partial charge < -0.3 is 19.1 Å². The van der Waals surface area contributed by atoms with E-state index in [0.29, 0.717) is 35.2 Å². The first-order valence-electron chi connectivity index (χ1n) is 9.27. The highest BCUT2D eigenvalue weighted by atomic mass is 35.5. The van der Waals surface area contributed by atoms with E-state index in [2.05, 4.69) is 0 Å². The number of benzene rings is 2. The highest BCUT2D eigenvalue weighted by Crippen LogP contribution is 2.36. The Morgan fingerprint density at radius 2 is 2.03 bits per heavy atom. The van der Waals surface area contributed by atoms with Gasteiger partial charge in [0.1, 0.15) is 0 Å². The summed E-state index contributed by atoms with van der Waals surface area (Å²) in [7, 11) is 1.51. The van der Waals surface area contributed by atoms with E-state index < -0.39 is 5.97 Å². The predicted octanol–water partition coefficient (Wildman–Crippen LogP) is 3.89. The molecule has 1 amide bonds. The molecule has 0 saturated heterocycles. The third kappa shape index (κ3) is 4.90. The van der Waals surface area contributed by atoms with Crippen molar-refractivity contribution in [2.24, 2.45) is 0 Å². The molecule has 2 aromatic carbocycles. The van der Waals surface area contributed by atoms with Crippen LogP contribution in [0, 0.1) is 0 Å². The number of hydrogen-bond donors (Lipinski definition) is 0. The summed E-state index contributed by atoms with van der Waals surface area (Å²) in [4.78, 5) is 26.1. The molecular weight excluding hydrogens is 394 g/mol. The summed E-state index contributed by atoms with van der Waals surface area (Å²) < 4.78 is 15.8. The number of carbonyl (C=O) groups is 2. The van der Waals surface area contributed by atoms with Gasteiger partial charge in [-0.25, -0.2) is 4.79 Å². The summed E-state index contributed by atoms with van der Waals surface area (Å²) in [6.07, 6.45) is 3.60. The van der Waals surface area contributed by atoms with E-state index in [-0.39, 0.29) is 12.5 Å². The van der Waals surface area contributed by atoms with Crippen LogP contribution in [0.15, 0.2) is 42.5 Å². The Bertz CT molecular complexity index is 941. The maximum Gasteiger partial charge on any atom is 0.331 e. The molecule has 7 heteroatoms. The second-order valence-corrected chi connectivity index (χ2v) is 6.74. The predicted molar refractivity (Wildman–Crippen MR) is 112 cm³/mol. The van der Waals surface area contributed by atoms with Crippen LogP contribution in [0.2, 0.25) is 5.02 Å². The van der Waals surface area contributed by atoms with Crippen molar-refractivity contribution in [1.29, 1.82) is 0 Å². The van der Waals surface area contributed by atoms with Crippen molar-refractivity contribution in [3.05, 3.63) is 58.6 Å². The van der Waals surface area contributed by atoms with Gasteiger partial charge in [0.05, 0.1) is 18.7 Å². The number of anilines is 1. The quantitative estimate of drug-likeness (QED) is 0.507. The number of fused-ring (bicyclic) bond motifs is 1. The number of ether oxygens (including phenoxy) is 3. The summed E-state index contributed by atoms with van der Waals surface area (Å²) in [5.74, 6) is 0.0571. The normalized spacial score (nSPS) is 12.7. The Morgan fingerprint density at radius 1 is 1.24 bits per heavy atom. The first kappa shape index (κ1) is 20.7. The molecule has 0 N–H and O–H groups in total. The lowest BCUT2D eigenvalue weighted by molar-refractivity contribution is -0.142. The molecule has 152 valence electrons. The maximum absolute atomic E-state index is 12.4. The van der Waals surface area contributed by atoms with Gasteiger partial charge in [-0.15, -0.1) is 0 Å². The maximum atomic E-state index is 12.4. The van der Waals surface area contributed by atoms with Crippen molar-refractivity contribution in [2.45, 2.75) is 13.3 Å². The minimum absolute atomic E-state index is 0.247. The largest absolute Gasteiger partial charge is 0.491 e. The molecule has 0 bridgehead atoms. The Morgan fingerprint density at radius 3 is 2.79 bits per heavy atom. The molecular formula is C22H22ClNO5. The van der Waals surface area contributed by atoms with Gasteiger partial charge >= 0.3 is 5.97 Å². The van der Waals surface area contributed by atoms with Crippen molar-refractivity contribution in [3.63, 3.8) is 0 Å². The lowest BCUT2D eigenvalue weighted by atomic mass is 10.2. The number of carbonyl (C=O) groups excluding carboxylic acids is 2. The summed E-state index contributed by atoms with van der Waals surface area (Å²) in [6, 6.07) is 11.1. The Balaban J connectivity index is 1.60. The topological polar surface area (TPSA) is 65.1 Å². The second-order valence-electron chi connectivity index (χ2n) is 6.33. The standard InChI is InChI=1S/C22H22ClNO5/c1-3-28-19-13-15(12-17(23)22(19)27-2)8-9-21(26)29-14-20(25)24-11-10-16-6-4-5-7-18(16)24/h4-9,12-13H,3,10-11,14H2,1-2H3/b9-8+. The van der Waals surface area contributed by atoms with E-state index in [0.717, 1.165) is 17.7 Å². The fourth-order valence-electron chi connectivity index (χ4n) is 3.17. The van der Waals surface area contributed by atoms with Crippen molar-refractivity contribution in [1.82, 2.24) is 0 Å². The van der Waals surface area contributed by atoms with E-state index in [1.54, 1.807) is 23.1 Å². The van der Waals surface area contributed by atoms with Gasteiger partial charge in [-0.1, -0.05) is 29.8 Å². The van der Waals surface area contributed by atoms with Crippen LogP contribution in [0.25, 0.3) is 6.08 Å². The summed E-state index contributed by atoms with van der Waals surface area (Å²) in [5, 5.41) is 0.370. The van der Waals surface area contributed by atoms with Crippen molar-refractivity contribution in [2.75, 3.05) is 31.8 Å². The number of rotatable bonds is 7. The minimum atomic E-state index is -0.615. The van der Waals surface area contributed by atoms with Gasteiger partial charge in [0, 0.05) is 18.3 Å². The number of para-hydroxylation sites is 1. The van der Waals surface area contributed by atoms with E-state index in [9.17, 15) is 9.59 Å². The summed E-state index contributed by atoms with van der Waals surface area (Å²) in [5.41, 5.74) is 2.64. The fraction of sp³-hybridized carbons (Fsp3) is 0.273. The smallest absolute Gasteiger partial charge is 0.331 e. The van der Waals surface area contributed by atoms with E-state index in [1.165, 1.54) is 13.2 Å². The van der Waals surface area contributed by atoms with Crippen LogP contribution in [-0.2, 0) is 20.7 Å². The SMILES string of the molecule is CCOc1cc(/C=C/C(=O)OCC(=O)N2CCc3ccccc32)cc(Cl)c1OC. The molecule has 1 heterocycles. The number of amides is 1. The number of halogens is 1. The van der Waals surface area contributed by atoms with Gasteiger partial charge in [0.15, 0.2) is 18.1 Å². The molecule has 0 atom stereocenters. The molecule has 1 aliphatic heterocycles. The molecule has 3 rings (SSSR count). The Hall–Kier alpha value is -2.99. The third-order valence-electron chi connectivity index (χ3n) is 4.47. The third-order valence-corrected chi connectivity index (χ3v) is 4.75. The van der Waals surface area contributed by atoms with Crippen molar-refractivity contribution in [3.8, 4) is 11.5 Å². The monoisotopic (exact) mass is 415 g/mol. The van der Waals surface area contributed by atoms with E-state index in [1.807, 2.05) is 31.2 Å². The molecule has 0 fully saturated rings. The number of methoxy groups -OCH3 is 1. The van der Waals surface area contributed by atoms with Gasteiger partial charge in [0.25, 0.3) is 5.91 Å². The molecule has 29 heavy (non-hydrogen) atoms. The molecule has 0 aromatic heterocycles. The van der Waals surface area contributed by atoms with Crippen molar-refractivity contribution < 1.29 is 23.8 Å². The highest BCUT2D eigenvalue weighted by Gasteiger charge is 2.24. The van der Waals surface area contributed by atoms with Gasteiger partial charge in [0.2, 0.25) is 0 Å². The average Bonchev–Trinajstić information content (AvgIpc) is 3.15. The molecule has 2 aromatic rings. The molecule has 0 saturated carbocycles. The Labute approximate surface area is 174 Å². The zero-order chi connectivity index (χ0) is 20.8. The molecule has 0 aliphatic carbocycles. The fourth-order valence-corrected chi connectivity index (χ4v) is 3.46. The van der Waals surface area contributed by atoms with Crippen LogP contribution in [0.1, 0.15) is 18.1 Å². The first-order chi connectivity index (χ1) is 14.0. The van der Waals surface area contributed by atoms with Gasteiger partial charge in [-0.2, -0.15) is 0 Å². The van der Waals surface area contributed by atoms with Crippen LogP contribution in [0.5, 0.6) is 11.5 Å². The zero-order valence-electron chi connectivity index (χ0n) is 16.3. The van der Waals surface area contributed by atoms with E-state index in [4.69, 9.17) is 25.8 Å². The first-order valence-corrected chi connectivity index (χ1v) is 9.64. The number of nitrogens with zero attached hydrogens (tertiary/aromatic N) is 1. The van der Waals surface area contributed by atoms with Gasteiger partial charge in [-0.05, 0) is 48.7 Å². The minimum Gasteiger partial charge on any atom is -0.491 e. The van der Waals surface area contributed by atoms with Crippen LogP contribution < -0.4 is 14.4 Å². The van der Waals surface area contributed by atoms with Crippen molar-refractivity contribution >= 4 is 35.2 Å². The average molecular weight is 416 g/mol. The molecule has 0 radical (unpaired) electrons. The number of hydrogen-bond acceptors (Lipinski definition) is 5. The van der Waals surface area contributed by atoms with Crippen LogP contribution in [0.4, 0.5) is 5.69 Å². The van der Waals surface area contributed by atoms with Crippen LogP contribution >= 0.6 is 11.6 Å². The molecule has 1 aliphatic rings.